The fourth-order valence-electron chi connectivity index (χ4n) is 3.66. The number of rotatable bonds is 9. The predicted octanol–water partition coefficient (Wildman–Crippen LogP) is 1.61. The topological polar surface area (TPSA) is 63.2 Å². The van der Waals surface area contributed by atoms with Crippen LogP contribution in [-0.4, -0.2) is 92.0 Å². The number of carbonyl (C=O) groups excluding carboxylic acids is 1. The van der Waals surface area contributed by atoms with E-state index in [1.807, 2.05) is 20.9 Å². The molecule has 7 heteroatoms. The minimum atomic E-state index is 0.106. The van der Waals surface area contributed by atoms with Crippen LogP contribution in [0.25, 0.3) is 0 Å². The van der Waals surface area contributed by atoms with E-state index in [0.717, 1.165) is 51.6 Å². The van der Waals surface area contributed by atoms with Crippen molar-refractivity contribution < 1.29 is 4.79 Å². The zero-order chi connectivity index (χ0) is 21.9. The lowest BCUT2D eigenvalue weighted by Gasteiger charge is -2.36. The van der Waals surface area contributed by atoms with Crippen molar-refractivity contribution in [2.45, 2.75) is 45.8 Å². The lowest BCUT2D eigenvalue weighted by molar-refractivity contribution is -0.123. The first kappa shape index (κ1) is 24.2. The van der Waals surface area contributed by atoms with Gasteiger partial charge in [0.1, 0.15) is 0 Å². The maximum atomic E-state index is 12.0. The zero-order valence-corrected chi connectivity index (χ0v) is 19.4. The first-order valence-electron chi connectivity index (χ1n) is 11.1. The summed E-state index contributed by atoms with van der Waals surface area (Å²) in [7, 11) is 4.02. The number of nitrogens with zero attached hydrogens (tertiary/aromatic N) is 4. The molecule has 1 unspecified atom stereocenters. The highest BCUT2D eigenvalue weighted by molar-refractivity contribution is 5.80. The van der Waals surface area contributed by atoms with Gasteiger partial charge in [0.25, 0.3) is 0 Å². The van der Waals surface area contributed by atoms with Crippen molar-refractivity contribution >= 4 is 11.9 Å². The Kier molecular flexibility index (Phi) is 10.1. The molecule has 7 nitrogen and oxygen atoms in total. The Morgan fingerprint density at radius 1 is 1.13 bits per heavy atom. The highest BCUT2D eigenvalue weighted by Gasteiger charge is 2.21. The number of nitrogens with one attached hydrogen (secondary N) is 2. The van der Waals surface area contributed by atoms with Crippen molar-refractivity contribution in [1.82, 2.24) is 25.3 Å². The second-order valence-corrected chi connectivity index (χ2v) is 8.50. The van der Waals surface area contributed by atoms with Crippen LogP contribution in [-0.2, 0) is 11.3 Å². The highest BCUT2D eigenvalue weighted by atomic mass is 16.2. The van der Waals surface area contributed by atoms with Crippen LogP contribution in [0.1, 0.15) is 32.8 Å². The average Bonchev–Trinajstić information content (AvgIpc) is 2.72. The molecular formula is C23H40N6O. The standard InChI is InChI=1S/C23H40N6O/c1-19(2)26-22(30)18-28-13-15-29(16-14-28)23(24-4)25-12-11-20(3)27(5)17-21-9-7-6-8-10-21/h6-10,19-20H,11-18H2,1-5H3,(H,24,25)(H,26,30). The summed E-state index contributed by atoms with van der Waals surface area (Å²) in [4.78, 5) is 23.3. The Balaban J connectivity index is 1.69. The molecule has 0 spiro atoms. The van der Waals surface area contributed by atoms with Gasteiger partial charge in [0, 0.05) is 58.4 Å². The second kappa shape index (κ2) is 12.5. The summed E-state index contributed by atoms with van der Waals surface area (Å²) in [6, 6.07) is 11.3. The first-order valence-corrected chi connectivity index (χ1v) is 11.1. The molecule has 1 aromatic carbocycles. The molecule has 0 aromatic heterocycles. The summed E-state index contributed by atoms with van der Waals surface area (Å²) in [6.07, 6.45) is 1.05. The van der Waals surface area contributed by atoms with E-state index in [4.69, 9.17) is 0 Å². The van der Waals surface area contributed by atoms with E-state index in [2.05, 4.69) is 74.6 Å². The Hall–Kier alpha value is -2.12. The van der Waals surface area contributed by atoms with Crippen LogP contribution in [0, 0.1) is 0 Å². The number of carbonyl (C=O) groups is 1. The predicted molar refractivity (Wildman–Crippen MR) is 125 cm³/mol. The molecule has 1 amide bonds. The maximum Gasteiger partial charge on any atom is 0.234 e. The van der Waals surface area contributed by atoms with Gasteiger partial charge in [-0.1, -0.05) is 30.3 Å². The summed E-state index contributed by atoms with van der Waals surface area (Å²) in [5.74, 6) is 1.06. The SMILES string of the molecule is CN=C(NCCC(C)N(C)Cc1ccccc1)N1CCN(CC(=O)NC(C)C)CC1. The third-order valence-corrected chi connectivity index (χ3v) is 5.57. The minimum absolute atomic E-state index is 0.106. The molecule has 1 saturated heterocycles. The highest BCUT2D eigenvalue weighted by Crippen LogP contribution is 2.08. The Bertz CT molecular complexity index is 655. The summed E-state index contributed by atoms with van der Waals surface area (Å²) >= 11 is 0. The molecule has 1 aliphatic heterocycles. The van der Waals surface area contributed by atoms with Crippen molar-refractivity contribution in [1.29, 1.82) is 0 Å². The van der Waals surface area contributed by atoms with Crippen LogP contribution in [0.5, 0.6) is 0 Å². The molecule has 0 radical (unpaired) electrons. The lowest BCUT2D eigenvalue weighted by Crippen LogP contribution is -2.54. The number of benzene rings is 1. The van der Waals surface area contributed by atoms with Crippen molar-refractivity contribution in [2.24, 2.45) is 4.99 Å². The van der Waals surface area contributed by atoms with Crippen LogP contribution in [0.4, 0.5) is 0 Å². The van der Waals surface area contributed by atoms with Gasteiger partial charge >= 0.3 is 0 Å². The van der Waals surface area contributed by atoms with Crippen LogP contribution in [0.15, 0.2) is 35.3 Å². The van der Waals surface area contributed by atoms with Crippen molar-refractivity contribution in [3.05, 3.63) is 35.9 Å². The monoisotopic (exact) mass is 416 g/mol. The third kappa shape index (κ3) is 8.32. The van der Waals surface area contributed by atoms with E-state index in [0.29, 0.717) is 12.6 Å². The average molecular weight is 417 g/mol. The van der Waals surface area contributed by atoms with Crippen LogP contribution < -0.4 is 10.6 Å². The molecular weight excluding hydrogens is 376 g/mol. The van der Waals surface area contributed by atoms with Gasteiger partial charge in [-0.2, -0.15) is 0 Å². The van der Waals surface area contributed by atoms with E-state index >= 15 is 0 Å². The molecule has 0 bridgehead atoms. The Morgan fingerprint density at radius 3 is 2.40 bits per heavy atom. The molecule has 0 aliphatic carbocycles. The van der Waals surface area contributed by atoms with Gasteiger partial charge in [-0.15, -0.1) is 0 Å². The lowest BCUT2D eigenvalue weighted by atomic mass is 10.1. The van der Waals surface area contributed by atoms with E-state index in [1.165, 1.54) is 5.56 Å². The molecule has 1 atom stereocenters. The Labute approximate surface area is 182 Å². The number of guanidine groups is 1. The number of hydrogen-bond donors (Lipinski definition) is 2. The molecule has 2 rings (SSSR count). The van der Waals surface area contributed by atoms with Gasteiger partial charge in [0.05, 0.1) is 6.54 Å². The molecule has 1 aliphatic rings. The van der Waals surface area contributed by atoms with Crippen LogP contribution in [0.3, 0.4) is 0 Å². The van der Waals surface area contributed by atoms with Gasteiger partial charge in [0.15, 0.2) is 5.96 Å². The Morgan fingerprint density at radius 2 is 1.80 bits per heavy atom. The third-order valence-electron chi connectivity index (χ3n) is 5.57. The minimum Gasteiger partial charge on any atom is -0.356 e. The van der Waals surface area contributed by atoms with Crippen molar-refractivity contribution in [2.75, 3.05) is 53.4 Å². The normalized spacial score (nSPS) is 16.8. The number of hydrogen-bond acceptors (Lipinski definition) is 4. The number of piperazine rings is 1. The summed E-state index contributed by atoms with van der Waals surface area (Å²) in [5.41, 5.74) is 1.34. The molecule has 1 aromatic rings. The maximum absolute atomic E-state index is 12.0. The van der Waals surface area contributed by atoms with E-state index in [1.54, 1.807) is 0 Å². The summed E-state index contributed by atoms with van der Waals surface area (Å²) < 4.78 is 0. The molecule has 30 heavy (non-hydrogen) atoms. The zero-order valence-electron chi connectivity index (χ0n) is 19.4. The second-order valence-electron chi connectivity index (χ2n) is 8.50. The van der Waals surface area contributed by atoms with Gasteiger partial charge < -0.3 is 15.5 Å². The van der Waals surface area contributed by atoms with Gasteiger partial charge in [-0.05, 0) is 39.8 Å². The van der Waals surface area contributed by atoms with E-state index in [9.17, 15) is 4.79 Å². The van der Waals surface area contributed by atoms with Gasteiger partial charge in [0.2, 0.25) is 5.91 Å². The van der Waals surface area contributed by atoms with E-state index < -0.39 is 0 Å². The van der Waals surface area contributed by atoms with Crippen LogP contribution >= 0.6 is 0 Å². The first-order chi connectivity index (χ1) is 14.4. The molecule has 1 fully saturated rings. The number of amides is 1. The van der Waals surface area contributed by atoms with E-state index in [-0.39, 0.29) is 11.9 Å². The molecule has 2 N–H and O–H groups in total. The number of aliphatic imine (C=N–C) groups is 1. The van der Waals surface area contributed by atoms with Crippen molar-refractivity contribution in [3.8, 4) is 0 Å². The van der Waals surface area contributed by atoms with Gasteiger partial charge in [-0.3, -0.25) is 19.6 Å². The quantitative estimate of drug-likeness (QED) is 0.473. The van der Waals surface area contributed by atoms with Gasteiger partial charge in [-0.25, -0.2) is 0 Å². The van der Waals surface area contributed by atoms with Crippen LogP contribution in [0.2, 0.25) is 0 Å². The fourth-order valence-corrected chi connectivity index (χ4v) is 3.66. The molecule has 0 saturated carbocycles. The summed E-state index contributed by atoms with van der Waals surface area (Å²) in [5, 5.41) is 6.49. The van der Waals surface area contributed by atoms with Crippen molar-refractivity contribution in [3.63, 3.8) is 0 Å². The smallest absolute Gasteiger partial charge is 0.234 e. The largest absolute Gasteiger partial charge is 0.356 e. The summed E-state index contributed by atoms with van der Waals surface area (Å²) in [6.45, 7) is 12.1. The fraction of sp³-hybridized carbons (Fsp3) is 0.652. The molecule has 1 heterocycles. The molecule has 168 valence electrons.